The number of aromatic amines is 1. The van der Waals surface area contributed by atoms with Crippen LogP contribution in [0.4, 0.5) is 0 Å². The number of fused-ring (bicyclic) bond motifs is 1. The minimum Gasteiger partial charge on any atom is -0.345 e. The summed E-state index contributed by atoms with van der Waals surface area (Å²) in [5.74, 6) is 0.867. The fraction of sp³-hybridized carbons (Fsp3) is 0.300. The van der Waals surface area contributed by atoms with Crippen molar-refractivity contribution in [3.05, 3.63) is 30.1 Å². The van der Waals surface area contributed by atoms with Crippen LogP contribution in [0.3, 0.4) is 0 Å². The molecule has 0 aliphatic rings. The first kappa shape index (κ1) is 9.55. The van der Waals surface area contributed by atoms with E-state index in [-0.39, 0.29) is 0 Å². The van der Waals surface area contributed by atoms with Gasteiger partial charge in [0.05, 0.1) is 17.4 Å². The van der Waals surface area contributed by atoms with Crippen molar-refractivity contribution in [2.24, 2.45) is 0 Å². The van der Waals surface area contributed by atoms with E-state index in [1.54, 1.807) is 6.33 Å². The highest BCUT2D eigenvalue weighted by Crippen LogP contribution is 2.11. The summed E-state index contributed by atoms with van der Waals surface area (Å²) in [6, 6.07) is 6.24. The van der Waals surface area contributed by atoms with Crippen molar-refractivity contribution in [3.8, 4) is 0 Å². The molecule has 0 unspecified atom stereocenters. The number of H-pyrrole nitrogens is 1. The topological polar surface area (TPSA) is 40.7 Å². The van der Waals surface area contributed by atoms with E-state index in [9.17, 15) is 0 Å². The molecule has 2 N–H and O–H groups in total. The second-order valence-electron chi connectivity index (χ2n) is 3.15. The average molecular weight is 207 g/mol. The lowest BCUT2D eigenvalue weighted by Gasteiger charge is -2.02. The number of nitrogens with zero attached hydrogens (tertiary/aromatic N) is 1. The van der Waals surface area contributed by atoms with Gasteiger partial charge in [-0.25, -0.2) is 4.98 Å². The summed E-state index contributed by atoms with van der Waals surface area (Å²) in [6.07, 6.45) is 1.72. The van der Waals surface area contributed by atoms with Gasteiger partial charge in [0, 0.05) is 18.8 Å². The molecule has 14 heavy (non-hydrogen) atoms. The van der Waals surface area contributed by atoms with Crippen molar-refractivity contribution < 1.29 is 0 Å². The van der Waals surface area contributed by atoms with E-state index in [2.05, 4.69) is 40.0 Å². The summed E-state index contributed by atoms with van der Waals surface area (Å²) in [4.78, 5) is 7.26. The van der Waals surface area contributed by atoms with Gasteiger partial charge < -0.3 is 10.3 Å². The van der Waals surface area contributed by atoms with Crippen molar-refractivity contribution in [2.45, 2.75) is 6.54 Å². The van der Waals surface area contributed by atoms with E-state index in [1.807, 2.05) is 6.07 Å². The number of nitrogens with one attached hydrogen (secondary N) is 2. The normalized spacial score (nSPS) is 10.9. The Kier molecular flexibility index (Phi) is 3.06. The van der Waals surface area contributed by atoms with E-state index in [1.165, 1.54) is 5.56 Å². The van der Waals surface area contributed by atoms with E-state index in [4.69, 9.17) is 0 Å². The van der Waals surface area contributed by atoms with Gasteiger partial charge in [-0.3, -0.25) is 0 Å². The standard InChI is InChI=1S/C10H13N3S/c14-4-3-11-6-8-1-2-9-10(5-8)13-7-12-9/h1-2,5,7,11,14H,3-4,6H2,(H,12,13). The lowest BCUT2D eigenvalue weighted by molar-refractivity contribution is 0.733. The molecule has 0 bridgehead atoms. The monoisotopic (exact) mass is 207 g/mol. The number of aromatic nitrogens is 2. The predicted molar refractivity (Wildman–Crippen MR) is 61.7 cm³/mol. The molecule has 2 rings (SSSR count). The summed E-state index contributed by atoms with van der Waals surface area (Å²) in [7, 11) is 0. The van der Waals surface area contributed by atoms with Gasteiger partial charge >= 0.3 is 0 Å². The van der Waals surface area contributed by atoms with E-state index >= 15 is 0 Å². The molecule has 0 spiro atoms. The maximum absolute atomic E-state index is 4.17. The summed E-state index contributed by atoms with van der Waals surface area (Å²) in [5, 5.41) is 3.30. The Bertz CT molecular complexity index is 410. The summed E-state index contributed by atoms with van der Waals surface area (Å²) < 4.78 is 0. The molecule has 0 radical (unpaired) electrons. The molecule has 74 valence electrons. The highest BCUT2D eigenvalue weighted by atomic mass is 32.1. The Morgan fingerprint density at radius 1 is 1.43 bits per heavy atom. The lowest BCUT2D eigenvalue weighted by Crippen LogP contribution is -2.15. The maximum Gasteiger partial charge on any atom is 0.0931 e. The molecular weight excluding hydrogens is 194 g/mol. The van der Waals surface area contributed by atoms with Crippen LogP contribution in [0, 0.1) is 0 Å². The number of hydrogen-bond acceptors (Lipinski definition) is 3. The maximum atomic E-state index is 4.17. The zero-order valence-corrected chi connectivity index (χ0v) is 8.72. The number of rotatable bonds is 4. The molecule has 0 saturated heterocycles. The van der Waals surface area contributed by atoms with Gasteiger partial charge in [-0.1, -0.05) is 6.07 Å². The van der Waals surface area contributed by atoms with Crippen molar-refractivity contribution in [3.63, 3.8) is 0 Å². The first-order valence-corrected chi connectivity index (χ1v) is 5.27. The van der Waals surface area contributed by atoms with Crippen LogP contribution in [-0.2, 0) is 6.54 Å². The summed E-state index contributed by atoms with van der Waals surface area (Å²) in [5.41, 5.74) is 3.38. The van der Waals surface area contributed by atoms with Crippen molar-refractivity contribution in [1.29, 1.82) is 0 Å². The van der Waals surface area contributed by atoms with Gasteiger partial charge in [0.15, 0.2) is 0 Å². The molecular formula is C10H13N3S. The van der Waals surface area contributed by atoms with Crippen LogP contribution in [0.15, 0.2) is 24.5 Å². The molecule has 1 aromatic carbocycles. The largest absolute Gasteiger partial charge is 0.345 e. The van der Waals surface area contributed by atoms with Crippen LogP contribution in [0.5, 0.6) is 0 Å². The molecule has 0 aliphatic carbocycles. The van der Waals surface area contributed by atoms with Crippen molar-refractivity contribution in [2.75, 3.05) is 12.3 Å². The van der Waals surface area contributed by atoms with Crippen LogP contribution >= 0.6 is 12.6 Å². The number of hydrogen-bond donors (Lipinski definition) is 3. The van der Waals surface area contributed by atoms with E-state index in [0.29, 0.717) is 0 Å². The van der Waals surface area contributed by atoms with Gasteiger partial charge in [0.25, 0.3) is 0 Å². The minimum atomic E-state index is 0.867. The third kappa shape index (κ3) is 2.08. The number of imidazole rings is 1. The molecule has 0 amide bonds. The third-order valence-corrected chi connectivity index (χ3v) is 2.33. The SMILES string of the molecule is SCCNCc1ccc2nc[nH]c2c1. The van der Waals surface area contributed by atoms with Gasteiger partial charge in [-0.15, -0.1) is 0 Å². The quantitative estimate of drug-likeness (QED) is 0.526. The molecule has 0 fully saturated rings. The molecule has 0 aliphatic heterocycles. The Balaban J connectivity index is 2.10. The molecule has 1 heterocycles. The van der Waals surface area contributed by atoms with Crippen molar-refractivity contribution >= 4 is 23.7 Å². The second-order valence-corrected chi connectivity index (χ2v) is 3.60. The Labute approximate surface area is 88.3 Å². The summed E-state index contributed by atoms with van der Waals surface area (Å²) in [6.45, 7) is 1.82. The third-order valence-electron chi connectivity index (χ3n) is 2.10. The van der Waals surface area contributed by atoms with Gasteiger partial charge in [0.1, 0.15) is 0 Å². The molecule has 3 nitrogen and oxygen atoms in total. The average Bonchev–Trinajstić information content (AvgIpc) is 2.65. The van der Waals surface area contributed by atoms with Crippen LogP contribution < -0.4 is 5.32 Å². The van der Waals surface area contributed by atoms with Gasteiger partial charge in [-0.2, -0.15) is 12.6 Å². The van der Waals surface area contributed by atoms with Crippen molar-refractivity contribution in [1.82, 2.24) is 15.3 Å². The first-order valence-electron chi connectivity index (χ1n) is 4.64. The summed E-state index contributed by atoms with van der Waals surface area (Å²) >= 11 is 4.14. The molecule has 4 heteroatoms. The van der Waals surface area contributed by atoms with E-state index < -0.39 is 0 Å². The van der Waals surface area contributed by atoms with Gasteiger partial charge in [-0.05, 0) is 17.7 Å². The van der Waals surface area contributed by atoms with Crippen LogP contribution in [0.25, 0.3) is 11.0 Å². The second kappa shape index (κ2) is 4.48. The van der Waals surface area contributed by atoms with Gasteiger partial charge in [0.2, 0.25) is 0 Å². The fourth-order valence-corrected chi connectivity index (χ4v) is 1.56. The van der Waals surface area contributed by atoms with Crippen LogP contribution in [0.1, 0.15) is 5.56 Å². The van der Waals surface area contributed by atoms with Crippen LogP contribution in [0.2, 0.25) is 0 Å². The minimum absolute atomic E-state index is 0.867. The Morgan fingerprint density at radius 3 is 3.21 bits per heavy atom. The highest BCUT2D eigenvalue weighted by Gasteiger charge is 1.97. The predicted octanol–water partition coefficient (Wildman–Crippen LogP) is 1.58. The molecule has 1 aromatic heterocycles. The number of thiol groups is 1. The zero-order valence-electron chi connectivity index (χ0n) is 7.83. The zero-order chi connectivity index (χ0) is 9.80. The molecule has 0 atom stereocenters. The molecule has 0 saturated carbocycles. The van der Waals surface area contributed by atoms with E-state index in [0.717, 1.165) is 29.9 Å². The Hall–Kier alpha value is -1.00. The Morgan fingerprint density at radius 2 is 2.36 bits per heavy atom. The number of benzene rings is 1. The van der Waals surface area contributed by atoms with Crippen LogP contribution in [-0.4, -0.2) is 22.3 Å². The lowest BCUT2D eigenvalue weighted by atomic mass is 10.2. The fourth-order valence-electron chi connectivity index (χ4n) is 1.40. The smallest absolute Gasteiger partial charge is 0.0931 e. The first-order chi connectivity index (χ1) is 6.90. The highest BCUT2D eigenvalue weighted by molar-refractivity contribution is 7.80. The molecule has 2 aromatic rings.